The SMILES string of the molecule is CCOC(=O)CNC(=O)c1cc(-c2c(-c3ccccc3)nn3ccccc23)n[nH]c1=O. The van der Waals surface area contributed by atoms with Crippen LogP contribution in [0.1, 0.15) is 17.3 Å². The fraction of sp³-hybridized carbons (Fsp3) is 0.136. The Bertz CT molecular complexity index is 1310. The third-order valence-corrected chi connectivity index (χ3v) is 4.59. The standard InChI is InChI=1S/C22H19N5O4/c1-2-31-18(28)13-23-21(29)15-12-16(24-25-22(15)30)19-17-10-6-7-11-27(17)26-20(19)14-8-4-3-5-9-14/h3-12H,2,13H2,1H3,(H,23,29)(H,25,30). The topological polar surface area (TPSA) is 118 Å². The third-order valence-electron chi connectivity index (χ3n) is 4.59. The van der Waals surface area contributed by atoms with Gasteiger partial charge in [-0.05, 0) is 25.1 Å². The maximum atomic E-state index is 12.5. The van der Waals surface area contributed by atoms with E-state index in [0.717, 1.165) is 11.1 Å². The number of nitrogens with zero attached hydrogens (tertiary/aromatic N) is 3. The van der Waals surface area contributed by atoms with Gasteiger partial charge in [0.2, 0.25) is 0 Å². The molecule has 0 atom stereocenters. The van der Waals surface area contributed by atoms with Crippen molar-refractivity contribution in [2.24, 2.45) is 0 Å². The van der Waals surface area contributed by atoms with Gasteiger partial charge in [0, 0.05) is 11.8 Å². The predicted molar refractivity (Wildman–Crippen MR) is 113 cm³/mol. The average molecular weight is 417 g/mol. The summed E-state index contributed by atoms with van der Waals surface area (Å²) in [7, 11) is 0. The van der Waals surface area contributed by atoms with Gasteiger partial charge in [0.1, 0.15) is 17.8 Å². The van der Waals surface area contributed by atoms with Gasteiger partial charge in [-0.1, -0.05) is 36.4 Å². The molecule has 3 heterocycles. The Balaban J connectivity index is 1.79. The minimum atomic E-state index is -0.698. The highest BCUT2D eigenvalue weighted by Crippen LogP contribution is 2.33. The number of aromatic nitrogens is 4. The number of ether oxygens (including phenoxy) is 1. The van der Waals surface area contributed by atoms with Crippen molar-refractivity contribution in [1.82, 2.24) is 25.1 Å². The van der Waals surface area contributed by atoms with Gasteiger partial charge in [-0.25, -0.2) is 9.61 Å². The number of amides is 1. The van der Waals surface area contributed by atoms with Crippen molar-refractivity contribution in [3.05, 3.63) is 76.7 Å². The van der Waals surface area contributed by atoms with Crippen molar-refractivity contribution in [3.8, 4) is 22.5 Å². The van der Waals surface area contributed by atoms with Gasteiger partial charge >= 0.3 is 5.97 Å². The van der Waals surface area contributed by atoms with E-state index >= 15 is 0 Å². The molecule has 31 heavy (non-hydrogen) atoms. The van der Waals surface area contributed by atoms with Gasteiger partial charge in [-0.15, -0.1) is 0 Å². The van der Waals surface area contributed by atoms with E-state index in [0.29, 0.717) is 17.0 Å². The normalized spacial score (nSPS) is 10.7. The van der Waals surface area contributed by atoms with E-state index in [-0.39, 0.29) is 18.7 Å². The van der Waals surface area contributed by atoms with Crippen molar-refractivity contribution < 1.29 is 14.3 Å². The highest BCUT2D eigenvalue weighted by Gasteiger charge is 2.20. The average Bonchev–Trinajstić information content (AvgIpc) is 3.18. The van der Waals surface area contributed by atoms with Gasteiger partial charge in [0.15, 0.2) is 0 Å². The zero-order chi connectivity index (χ0) is 21.8. The maximum absolute atomic E-state index is 12.5. The lowest BCUT2D eigenvalue weighted by Crippen LogP contribution is -2.34. The second-order valence-corrected chi connectivity index (χ2v) is 6.60. The first kappa shape index (κ1) is 20.0. The number of H-pyrrole nitrogens is 1. The smallest absolute Gasteiger partial charge is 0.325 e. The number of benzene rings is 1. The second kappa shape index (κ2) is 8.62. The molecular weight excluding hydrogens is 398 g/mol. The summed E-state index contributed by atoms with van der Waals surface area (Å²) in [5.41, 5.74) is 2.50. The lowest BCUT2D eigenvalue weighted by atomic mass is 10.0. The monoisotopic (exact) mass is 417 g/mol. The summed E-state index contributed by atoms with van der Waals surface area (Å²) < 4.78 is 6.50. The van der Waals surface area contributed by atoms with Crippen LogP contribution in [0, 0.1) is 0 Å². The van der Waals surface area contributed by atoms with Crippen LogP contribution in [0.3, 0.4) is 0 Å². The predicted octanol–water partition coefficient (Wildman–Crippen LogP) is 2.04. The minimum absolute atomic E-state index is 0.163. The molecule has 156 valence electrons. The van der Waals surface area contributed by atoms with Crippen molar-refractivity contribution >= 4 is 17.4 Å². The van der Waals surface area contributed by atoms with Crippen LogP contribution in [-0.2, 0) is 9.53 Å². The molecule has 0 spiro atoms. The fourth-order valence-corrected chi connectivity index (χ4v) is 3.21. The molecule has 0 aliphatic carbocycles. The first-order valence-corrected chi connectivity index (χ1v) is 9.65. The lowest BCUT2D eigenvalue weighted by molar-refractivity contribution is -0.141. The Morgan fingerprint density at radius 3 is 2.68 bits per heavy atom. The van der Waals surface area contributed by atoms with Crippen LogP contribution in [0.25, 0.3) is 28.0 Å². The van der Waals surface area contributed by atoms with Crippen molar-refractivity contribution in [2.75, 3.05) is 13.2 Å². The molecule has 1 aromatic carbocycles. The van der Waals surface area contributed by atoms with E-state index in [2.05, 4.69) is 20.6 Å². The molecule has 2 N–H and O–H groups in total. The molecule has 0 aliphatic heterocycles. The third kappa shape index (κ3) is 4.06. The number of hydrogen-bond acceptors (Lipinski definition) is 6. The molecule has 3 aromatic heterocycles. The van der Waals surface area contributed by atoms with Gasteiger partial charge in [0.05, 0.1) is 23.4 Å². The van der Waals surface area contributed by atoms with Gasteiger partial charge in [-0.2, -0.15) is 10.2 Å². The van der Waals surface area contributed by atoms with Crippen molar-refractivity contribution in [1.29, 1.82) is 0 Å². The first-order valence-electron chi connectivity index (χ1n) is 9.65. The number of pyridine rings is 1. The molecule has 9 nitrogen and oxygen atoms in total. The molecule has 0 saturated heterocycles. The van der Waals surface area contributed by atoms with E-state index in [1.54, 1.807) is 11.4 Å². The van der Waals surface area contributed by atoms with Crippen LogP contribution in [0.2, 0.25) is 0 Å². The highest BCUT2D eigenvalue weighted by atomic mass is 16.5. The van der Waals surface area contributed by atoms with Gasteiger partial charge in [-0.3, -0.25) is 14.4 Å². The largest absolute Gasteiger partial charge is 0.465 e. The number of aromatic amines is 1. The molecule has 0 unspecified atom stereocenters. The number of hydrogen-bond donors (Lipinski definition) is 2. The van der Waals surface area contributed by atoms with Crippen molar-refractivity contribution in [3.63, 3.8) is 0 Å². The maximum Gasteiger partial charge on any atom is 0.325 e. The summed E-state index contributed by atoms with van der Waals surface area (Å²) in [5.74, 6) is -1.29. The van der Waals surface area contributed by atoms with Crippen molar-refractivity contribution in [2.45, 2.75) is 6.92 Å². The van der Waals surface area contributed by atoms with E-state index in [1.165, 1.54) is 6.07 Å². The molecule has 0 fully saturated rings. The Morgan fingerprint density at radius 2 is 1.90 bits per heavy atom. The van der Waals surface area contributed by atoms with E-state index in [4.69, 9.17) is 4.74 Å². The zero-order valence-electron chi connectivity index (χ0n) is 16.7. The summed E-state index contributed by atoms with van der Waals surface area (Å²) in [5, 5.41) is 13.6. The second-order valence-electron chi connectivity index (χ2n) is 6.60. The molecule has 0 radical (unpaired) electrons. The van der Waals surface area contributed by atoms with Gasteiger partial charge in [0.25, 0.3) is 11.5 Å². The first-order chi connectivity index (χ1) is 15.1. The van der Waals surface area contributed by atoms with Crippen LogP contribution in [0.4, 0.5) is 0 Å². The van der Waals surface area contributed by atoms with Crippen LogP contribution in [-0.4, -0.2) is 44.8 Å². The summed E-state index contributed by atoms with van der Waals surface area (Å²) >= 11 is 0. The Morgan fingerprint density at radius 1 is 1.13 bits per heavy atom. The van der Waals surface area contributed by atoms with Crippen LogP contribution in [0.5, 0.6) is 0 Å². The summed E-state index contributed by atoms with van der Waals surface area (Å²) in [4.78, 5) is 36.3. The summed E-state index contributed by atoms with van der Waals surface area (Å²) in [6.07, 6.45) is 1.81. The number of fused-ring (bicyclic) bond motifs is 1. The molecule has 0 saturated carbocycles. The molecule has 4 rings (SSSR count). The molecule has 0 aliphatic rings. The number of carbonyl (C=O) groups is 2. The number of esters is 1. The zero-order valence-corrected chi connectivity index (χ0v) is 16.7. The summed E-state index contributed by atoms with van der Waals surface area (Å²) in [6, 6.07) is 16.5. The van der Waals surface area contributed by atoms with Gasteiger partial charge < -0.3 is 10.1 Å². The molecule has 4 aromatic rings. The van der Waals surface area contributed by atoms with E-state index in [1.807, 2.05) is 54.7 Å². The molecule has 9 heteroatoms. The number of nitrogens with one attached hydrogen (secondary N) is 2. The van der Waals surface area contributed by atoms with Crippen LogP contribution in [0.15, 0.2) is 65.6 Å². The number of carbonyl (C=O) groups excluding carboxylic acids is 2. The number of rotatable bonds is 6. The molecular formula is C22H19N5O4. The fourth-order valence-electron chi connectivity index (χ4n) is 3.21. The highest BCUT2D eigenvalue weighted by molar-refractivity contribution is 5.98. The van der Waals surface area contributed by atoms with Crippen LogP contribution >= 0.6 is 0 Å². The van der Waals surface area contributed by atoms with E-state index in [9.17, 15) is 14.4 Å². The van der Waals surface area contributed by atoms with Crippen LogP contribution < -0.4 is 10.9 Å². The Labute approximate surface area is 176 Å². The molecule has 0 bridgehead atoms. The minimum Gasteiger partial charge on any atom is -0.465 e. The molecule has 1 amide bonds. The van der Waals surface area contributed by atoms with E-state index < -0.39 is 17.4 Å². The Kier molecular flexibility index (Phi) is 5.57. The lowest BCUT2D eigenvalue weighted by Gasteiger charge is -2.07. The summed E-state index contributed by atoms with van der Waals surface area (Å²) in [6.45, 7) is 1.53. The quantitative estimate of drug-likeness (QED) is 0.464. The Hall–Kier alpha value is -4.27.